The Morgan fingerprint density at radius 3 is 2.71 bits per heavy atom. The maximum absolute atomic E-state index is 5.15. The summed E-state index contributed by atoms with van der Waals surface area (Å²) in [7, 11) is 1.78. The molecular formula is C19H29NO. The van der Waals surface area contributed by atoms with E-state index >= 15 is 0 Å². The summed E-state index contributed by atoms with van der Waals surface area (Å²) in [5.41, 5.74) is 5.26. The molecule has 0 bridgehead atoms. The highest BCUT2D eigenvalue weighted by molar-refractivity contribution is 5.35. The van der Waals surface area contributed by atoms with Gasteiger partial charge in [-0.05, 0) is 60.6 Å². The Bertz CT molecular complexity index is 463. The van der Waals surface area contributed by atoms with Crippen LogP contribution in [-0.2, 0) is 24.0 Å². The average Bonchev–Trinajstić information content (AvgIpc) is 3.13. The van der Waals surface area contributed by atoms with Crippen LogP contribution in [0.15, 0.2) is 18.2 Å². The summed E-state index contributed by atoms with van der Waals surface area (Å²) in [4.78, 5) is 0. The SMILES string of the molecule is COCCNCC1(Cc2ccc3c(c2)CCC3)CCCC1. The lowest BCUT2D eigenvalue weighted by Gasteiger charge is -2.30. The molecule has 3 rings (SSSR count). The molecule has 2 heteroatoms. The van der Waals surface area contributed by atoms with Crippen molar-refractivity contribution in [3.05, 3.63) is 34.9 Å². The van der Waals surface area contributed by atoms with E-state index in [1.54, 1.807) is 23.8 Å². The first-order valence-electron chi connectivity index (χ1n) is 8.62. The molecule has 0 aliphatic heterocycles. The maximum atomic E-state index is 5.15. The van der Waals surface area contributed by atoms with Gasteiger partial charge in [-0.1, -0.05) is 31.0 Å². The molecule has 1 saturated carbocycles. The first kappa shape index (κ1) is 15.1. The minimum absolute atomic E-state index is 0.487. The number of fused-ring (bicyclic) bond motifs is 1. The highest BCUT2D eigenvalue weighted by Gasteiger charge is 2.33. The number of nitrogens with one attached hydrogen (secondary N) is 1. The molecule has 0 heterocycles. The molecule has 1 N–H and O–H groups in total. The van der Waals surface area contributed by atoms with Crippen LogP contribution in [0.3, 0.4) is 0 Å². The zero-order valence-corrected chi connectivity index (χ0v) is 13.4. The van der Waals surface area contributed by atoms with Crippen molar-refractivity contribution in [3.8, 4) is 0 Å². The van der Waals surface area contributed by atoms with Crippen molar-refractivity contribution in [2.45, 2.75) is 51.4 Å². The van der Waals surface area contributed by atoms with E-state index < -0.39 is 0 Å². The Balaban J connectivity index is 1.64. The number of methoxy groups -OCH3 is 1. The van der Waals surface area contributed by atoms with E-state index in [1.807, 2.05) is 0 Å². The fraction of sp³-hybridized carbons (Fsp3) is 0.684. The third-order valence-electron chi connectivity index (χ3n) is 5.39. The minimum Gasteiger partial charge on any atom is -0.383 e. The van der Waals surface area contributed by atoms with E-state index in [1.165, 1.54) is 51.4 Å². The van der Waals surface area contributed by atoms with Gasteiger partial charge in [-0.2, -0.15) is 0 Å². The zero-order valence-electron chi connectivity index (χ0n) is 13.4. The van der Waals surface area contributed by atoms with Gasteiger partial charge in [-0.25, -0.2) is 0 Å². The van der Waals surface area contributed by atoms with Gasteiger partial charge >= 0.3 is 0 Å². The van der Waals surface area contributed by atoms with Gasteiger partial charge in [-0.3, -0.25) is 0 Å². The normalized spacial score (nSPS) is 19.9. The number of aryl methyl sites for hydroxylation is 2. The summed E-state index contributed by atoms with van der Waals surface area (Å²) in [5.74, 6) is 0. The Hall–Kier alpha value is -0.860. The summed E-state index contributed by atoms with van der Waals surface area (Å²) in [5, 5.41) is 3.62. The van der Waals surface area contributed by atoms with E-state index in [9.17, 15) is 0 Å². The molecule has 1 fully saturated rings. The highest BCUT2D eigenvalue weighted by Crippen LogP contribution is 2.41. The van der Waals surface area contributed by atoms with Crippen LogP contribution in [-0.4, -0.2) is 26.8 Å². The summed E-state index contributed by atoms with van der Waals surface area (Å²) >= 11 is 0. The summed E-state index contributed by atoms with van der Waals surface area (Å²) < 4.78 is 5.15. The molecule has 1 aromatic rings. The molecule has 1 aromatic carbocycles. The molecule has 116 valence electrons. The van der Waals surface area contributed by atoms with Crippen LogP contribution in [0.25, 0.3) is 0 Å². The Labute approximate surface area is 129 Å². The molecule has 21 heavy (non-hydrogen) atoms. The molecule has 0 atom stereocenters. The lowest BCUT2D eigenvalue weighted by atomic mass is 9.79. The number of ether oxygens (including phenoxy) is 1. The lowest BCUT2D eigenvalue weighted by Crippen LogP contribution is -2.35. The molecule has 2 nitrogen and oxygen atoms in total. The fourth-order valence-electron chi connectivity index (χ4n) is 4.24. The topological polar surface area (TPSA) is 21.3 Å². The average molecular weight is 287 g/mol. The second-order valence-electron chi connectivity index (χ2n) is 7.01. The van der Waals surface area contributed by atoms with Gasteiger partial charge in [0, 0.05) is 20.2 Å². The molecule has 2 aliphatic carbocycles. The highest BCUT2D eigenvalue weighted by atomic mass is 16.5. The van der Waals surface area contributed by atoms with Crippen LogP contribution >= 0.6 is 0 Å². The molecule has 0 amide bonds. The van der Waals surface area contributed by atoms with Crippen LogP contribution in [0, 0.1) is 5.41 Å². The van der Waals surface area contributed by atoms with Crippen LogP contribution < -0.4 is 5.32 Å². The second kappa shape index (κ2) is 6.93. The second-order valence-corrected chi connectivity index (χ2v) is 7.01. The van der Waals surface area contributed by atoms with Crippen molar-refractivity contribution in [3.63, 3.8) is 0 Å². The van der Waals surface area contributed by atoms with Crippen molar-refractivity contribution in [2.75, 3.05) is 26.8 Å². The lowest BCUT2D eigenvalue weighted by molar-refractivity contribution is 0.190. The third kappa shape index (κ3) is 3.67. The van der Waals surface area contributed by atoms with E-state index in [0.29, 0.717) is 5.41 Å². The van der Waals surface area contributed by atoms with Crippen LogP contribution in [0.2, 0.25) is 0 Å². The summed E-state index contributed by atoms with van der Waals surface area (Å²) in [6, 6.07) is 7.27. The van der Waals surface area contributed by atoms with E-state index in [2.05, 4.69) is 23.5 Å². The Morgan fingerprint density at radius 2 is 1.90 bits per heavy atom. The van der Waals surface area contributed by atoms with Gasteiger partial charge < -0.3 is 10.1 Å². The van der Waals surface area contributed by atoms with Crippen molar-refractivity contribution in [2.24, 2.45) is 5.41 Å². The van der Waals surface area contributed by atoms with Gasteiger partial charge in [0.15, 0.2) is 0 Å². The van der Waals surface area contributed by atoms with Crippen LogP contribution in [0.1, 0.15) is 48.8 Å². The Kier molecular flexibility index (Phi) is 4.97. The van der Waals surface area contributed by atoms with Crippen molar-refractivity contribution >= 4 is 0 Å². The van der Waals surface area contributed by atoms with Gasteiger partial charge in [-0.15, -0.1) is 0 Å². The maximum Gasteiger partial charge on any atom is 0.0587 e. The monoisotopic (exact) mass is 287 g/mol. The molecule has 0 saturated heterocycles. The molecular weight excluding hydrogens is 258 g/mol. The Morgan fingerprint density at radius 1 is 1.10 bits per heavy atom. The van der Waals surface area contributed by atoms with Gasteiger partial charge in [0.2, 0.25) is 0 Å². The largest absolute Gasteiger partial charge is 0.383 e. The van der Waals surface area contributed by atoms with Gasteiger partial charge in [0.1, 0.15) is 0 Å². The van der Waals surface area contributed by atoms with Crippen LogP contribution in [0.4, 0.5) is 0 Å². The van der Waals surface area contributed by atoms with Crippen molar-refractivity contribution in [1.82, 2.24) is 5.32 Å². The number of hydrogen-bond acceptors (Lipinski definition) is 2. The first-order chi connectivity index (χ1) is 10.3. The molecule has 0 unspecified atom stereocenters. The number of hydrogen-bond donors (Lipinski definition) is 1. The third-order valence-corrected chi connectivity index (χ3v) is 5.39. The van der Waals surface area contributed by atoms with E-state index in [0.717, 1.165) is 19.7 Å². The predicted octanol–water partition coefficient (Wildman–Crippen LogP) is 3.51. The molecule has 0 radical (unpaired) electrons. The molecule has 0 aromatic heterocycles. The van der Waals surface area contributed by atoms with Gasteiger partial charge in [0.05, 0.1) is 6.61 Å². The fourth-order valence-corrected chi connectivity index (χ4v) is 4.24. The quantitative estimate of drug-likeness (QED) is 0.775. The summed E-state index contributed by atoms with van der Waals surface area (Å²) in [6.07, 6.45) is 10.7. The smallest absolute Gasteiger partial charge is 0.0587 e. The number of rotatable bonds is 7. The van der Waals surface area contributed by atoms with Crippen LogP contribution in [0.5, 0.6) is 0 Å². The molecule has 0 spiro atoms. The van der Waals surface area contributed by atoms with E-state index in [-0.39, 0.29) is 0 Å². The summed E-state index contributed by atoms with van der Waals surface area (Å²) in [6.45, 7) is 2.94. The predicted molar refractivity (Wildman–Crippen MR) is 87.8 cm³/mol. The van der Waals surface area contributed by atoms with Crippen molar-refractivity contribution < 1.29 is 4.74 Å². The van der Waals surface area contributed by atoms with E-state index in [4.69, 9.17) is 4.74 Å². The standard InChI is InChI=1S/C19H29NO/c1-21-12-11-20-15-19(9-2-3-10-19)14-16-7-8-17-5-4-6-18(17)13-16/h7-8,13,20H,2-6,9-12,14-15H2,1H3. The molecule has 2 aliphatic rings. The number of benzene rings is 1. The first-order valence-corrected chi connectivity index (χ1v) is 8.62. The van der Waals surface area contributed by atoms with Crippen molar-refractivity contribution in [1.29, 1.82) is 0 Å². The van der Waals surface area contributed by atoms with Gasteiger partial charge in [0.25, 0.3) is 0 Å². The zero-order chi connectivity index (χ0) is 14.5. The minimum atomic E-state index is 0.487.